The van der Waals surface area contributed by atoms with E-state index in [0.29, 0.717) is 11.6 Å². The fraction of sp³-hybridized carbons (Fsp3) is 0.500. The average molecular weight is 229 g/mol. The monoisotopic (exact) mass is 229 g/mol. The molecule has 0 spiro atoms. The predicted molar refractivity (Wildman–Crippen MR) is 50.9 cm³/mol. The number of halogens is 3. The summed E-state index contributed by atoms with van der Waals surface area (Å²) in [4.78, 5) is 0. The van der Waals surface area contributed by atoms with E-state index in [1.807, 2.05) is 4.57 Å². The summed E-state index contributed by atoms with van der Waals surface area (Å²) in [6, 6.07) is 1.10. The van der Waals surface area contributed by atoms with E-state index in [-0.39, 0.29) is 0 Å². The molecule has 2 aromatic heterocycles. The first-order valence-electron chi connectivity index (χ1n) is 5.16. The molecule has 2 aromatic rings. The summed E-state index contributed by atoms with van der Waals surface area (Å²) in [5.41, 5.74) is -0.313. The molecule has 0 amide bonds. The van der Waals surface area contributed by atoms with Crippen molar-refractivity contribution in [2.24, 2.45) is 5.92 Å². The summed E-state index contributed by atoms with van der Waals surface area (Å²) in [6.07, 6.45) is 1.32. The molecule has 16 heavy (non-hydrogen) atoms. The molecule has 0 aromatic carbocycles. The van der Waals surface area contributed by atoms with Gasteiger partial charge >= 0.3 is 6.18 Å². The number of hydrogen-bond donors (Lipinski definition) is 0. The molecule has 1 fully saturated rings. The Bertz CT molecular complexity index is 519. The van der Waals surface area contributed by atoms with Crippen molar-refractivity contribution in [3.8, 4) is 0 Å². The van der Waals surface area contributed by atoms with Crippen molar-refractivity contribution in [1.29, 1.82) is 0 Å². The minimum absolute atomic E-state index is 0.513. The molecule has 1 saturated carbocycles. The third-order valence-electron chi connectivity index (χ3n) is 2.84. The molecule has 3 rings (SSSR count). The normalized spacial score (nSPS) is 17.2. The van der Waals surface area contributed by atoms with Gasteiger partial charge in [0, 0.05) is 25.0 Å². The molecule has 86 valence electrons. The molecular formula is C10H10F3N3. The zero-order chi connectivity index (χ0) is 11.3. The highest BCUT2D eigenvalue weighted by molar-refractivity contribution is 5.42. The highest BCUT2D eigenvalue weighted by Gasteiger charge is 2.34. The van der Waals surface area contributed by atoms with Gasteiger partial charge in [-0.05, 0) is 18.8 Å². The second-order valence-electron chi connectivity index (χ2n) is 4.22. The quantitative estimate of drug-likeness (QED) is 0.775. The van der Waals surface area contributed by atoms with Crippen LogP contribution in [-0.2, 0) is 12.7 Å². The minimum atomic E-state index is -4.36. The van der Waals surface area contributed by atoms with Gasteiger partial charge in [0.05, 0.1) is 0 Å². The Kier molecular flexibility index (Phi) is 1.84. The third kappa shape index (κ3) is 1.58. The number of imidazole rings is 1. The Hall–Kier alpha value is -1.46. The molecule has 0 unspecified atom stereocenters. The third-order valence-corrected chi connectivity index (χ3v) is 2.84. The van der Waals surface area contributed by atoms with Crippen molar-refractivity contribution in [1.82, 2.24) is 14.2 Å². The first-order valence-corrected chi connectivity index (χ1v) is 5.16. The summed E-state index contributed by atoms with van der Waals surface area (Å²) in [5, 5.41) is 3.50. The summed E-state index contributed by atoms with van der Waals surface area (Å²) < 4.78 is 40.4. The van der Waals surface area contributed by atoms with Gasteiger partial charge in [-0.15, -0.1) is 0 Å². The van der Waals surface area contributed by atoms with Crippen LogP contribution in [0, 0.1) is 5.92 Å². The first kappa shape index (κ1) is 9.74. The standard InChI is InChI=1S/C10H10F3N3/c11-10(12,13)8-5-9-15(6-7-1-2-7)3-4-16(9)14-8/h3-5,7H,1-2,6H2. The van der Waals surface area contributed by atoms with Gasteiger partial charge in [0.1, 0.15) is 5.65 Å². The van der Waals surface area contributed by atoms with Crippen LogP contribution in [0.2, 0.25) is 0 Å². The van der Waals surface area contributed by atoms with E-state index in [1.54, 1.807) is 12.4 Å². The topological polar surface area (TPSA) is 22.2 Å². The molecular weight excluding hydrogens is 219 g/mol. The number of nitrogens with zero attached hydrogens (tertiary/aromatic N) is 3. The molecule has 3 nitrogen and oxygen atoms in total. The van der Waals surface area contributed by atoms with E-state index < -0.39 is 11.9 Å². The molecule has 0 aliphatic heterocycles. The van der Waals surface area contributed by atoms with Crippen LogP contribution in [0.25, 0.3) is 5.65 Å². The summed E-state index contributed by atoms with van der Waals surface area (Å²) in [7, 11) is 0. The van der Waals surface area contributed by atoms with Crippen LogP contribution in [0.1, 0.15) is 18.5 Å². The molecule has 1 aliphatic carbocycles. The van der Waals surface area contributed by atoms with E-state index in [1.165, 1.54) is 17.4 Å². The van der Waals surface area contributed by atoms with Crippen molar-refractivity contribution in [2.45, 2.75) is 25.6 Å². The fourth-order valence-electron chi connectivity index (χ4n) is 1.80. The van der Waals surface area contributed by atoms with Crippen molar-refractivity contribution in [2.75, 3.05) is 0 Å². The summed E-state index contributed by atoms with van der Waals surface area (Å²) in [5.74, 6) is 0.625. The van der Waals surface area contributed by atoms with Crippen molar-refractivity contribution in [3.63, 3.8) is 0 Å². The van der Waals surface area contributed by atoms with Gasteiger partial charge in [-0.2, -0.15) is 18.3 Å². The molecule has 0 atom stereocenters. The highest BCUT2D eigenvalue weighted by Crippen LogP contribution is 2.32. The van der Waals surface area contributed by atoms with E-state index in [4.69, 9.17) is 0 Å². The van der Waals surface area contributed by atoms with Gasteiger partial charge in [0.15, 0.2) is 5.69 Å². The Morgan fingerprint density at radius 1 is 1.31 bits per heavy atom. The van der Waals surface area contributed by atoms with Gasteiger partial charge in [0.2, 0.25) is 0 Å². The summed E-state index contributed by atoms with van der Waals surface area (Å²) >= 11 is 0. The molecule has 0 N–H and O–H groups in total. The average Bonchev–Trinajstić information content (AvgIpc) is 2.75. The molecule has 2 heterocycles. The Morgan fingerprint density at radius 2 is 2.06 bits per heavy atom. The van der Waals surface area contributed by atoms with Gasteiger partial charge in [-0.1, -0.05) is 0 Å². The molecule has 0 bridgehead atoms. The molecule has 0 saturated heterocycles. The second kappa shape index (κ2) is 3.02. The SMILES string of the molecule is FC(F)(F)c1cc2n(CC3CC3)ccn2n1. The Morgan fingerprint density at radius 3 is 2.69 bits per heavy atom. The van der Waals surface area contributed by atoms with Crippen molar-refractivity contribution >= 4 is 5.65 Å². The molecule has 6 heteroatoms. The van der Waals surface area contributed by atoms with E-state index in [2.05, 4.69) is 5.10 Å². The first-order chi connectivity index (χ1) is 7.54. The zero-order valence-corrected chi connectivity index (χ0v) is 8.41. The van der Waals surface area contributed by atoms with Gasteiger partial charge in [-0.25, -0.2) is 4.52 Å². The van der Waals surface area contributed by atoms with Crippen LogP contribution in [0.4, 0.5) is 13.2 Å². The van der Waals surface area contributed by atoms with E-state index >= 15 is 0 Å². The minimum Gasteiger partial charge on any atom is -0.331 e. The van der Waals surface area contributed by atoms with Gasteiger partial charge < -0.3 is 4.57 Å². The Labute approximate surface area is 89.5 Å². The van der Waals surface area contributed by atoms with E-state index in [9.17, 15) is 13.2 Å². The maximum atomic E-state index is 12.4. The Balaban J connectivity index is 2.00. The van der Waals surface area contributed by atoms with Gasteiger partial charge in [0.25, 0.3) is 0 Å². The van der Waals surface area contributed by atoms with Crippen LogP contribution in [0.5, 0.6) is 0 Å². The van der Waals surface area contributed by atoms with Crippen molar-refractivity contribution in [3.05, 3.63) is 24.2 Å². The number of hydrogen-bond acceptors (Lipinski definition) is 1. The lowest BCUT2D eigenvalue weighted by molar-refractivity contribution is -0.141. The molecule has 1 aliphatic rings. The number of rotatable bonds is 2. The number of aromatic nitrogens is 3. The zero-order valence-electron chi connectivity index (χ0n) is 8.41. The van der Waals surface area contributed by atoms with Crippen LogP contribution < -0.4 is 0 Å². The maximum absolute atomic E-state index is 12.4. The predicted octanol–water partition coefficient (Wildman–Crippen LogP) is 2.56. The van der Waals surface area contributed by atoms with Crippen LogP contribution >= 0.6 is 0 Å². The lowest BCUT2D eigenvalue weighted by atomic mass is 10.4. The molecule has 0 radical (unpaired) electrons. The van der Waals surface area contributed by atoms with Crippen LogP contribution in [0.15, 0.2) is 18.5 Å². The smallest absolute Gasteiger partial charge is 0.331 e. The summed E-state index contributed by atoms with van der Waals surface area (Å²) in [6.45, 7) is 0.791. The largest absolute Gasteiger partial charge is 0.435 e. The highest BCUT2D eigenvalue weighted by atomic mass is 19.4. The van der Waals surface area contributed by atoms with Crippen LogP contribution in [-0.4, -0.2) is 14.2 Å². The lowest BCUT2D eigenvalue weighted by Gasteiger charge is -2.00. The fourth-order valence-corrected chi connectivity index (χ4v) is 1.80. The number of fused-ring (bicyclic) bond motifs is 1. The van der Waals surface area contributed by atoms with E-state index in [0.717, 1.165) is 12.6 Å². The van der Waals surface area contributed by atoms with Crippen molar-refractivity contribution < 1.29 is 13.2 Å². The second-order valence-corrected chi connectivity index (χ2v) is 4.22. The lowest BCUT2D eigenvalue weighted by Crippen LogP contribution is -2.05. The number of alkyl halides is 3. The maximum Gasteiger partial charge on any atom is 0.435 e. The van der Waals surface area contributed by atoms with Gasteiger partial charge in [-0.3, -0.25) is 0 Å². The van der Waals surface area contributed by atoms with Crippen LogP contribution in [0.3, 0.4) is 0 Å².